The summed E-state index contributed by atoms with van der Waals surface area (Å²) in [5.74, 6) is 2.56. The lowest BCUT2D eigenvalue weighted by Crippen LogP contribution is -2.12. The molecule has 0 aliphatic rings. The molecule has 0 saturated heterocycles. The van der Waals surface area contributed by atoms with Crippen molar-refractivity contribution >= 4 is 23.5 Å². The summed E-state index contributed by atoms with van der Waals surface area (Å²) in [7, 11) is 0. The summed E-state index contributed by atoms with van der Waals surface area (Å²) in [6.45, 7) is 4.65. The topological polar surface area (TPSA) is 85.8 Å². The molecule has 1 amide bonds. The molecule has 26 heavy (non-hydrogen) atoms. The van der Waals surface area contributed by atoms with E-state index in [1.165, 1.54) is 17.3 Å². The van der Waals surface area contributed by atoms with Crippen molar-refractivity contribution in [3.63, 3.8) is 0 Å². The van der Waals surface area contributed by atoms with E-state index < -0.39 is 0 Å². The molecule has 3 aromatic rings. The molecule has 136 valence electrons. The van der Waals surface area contributed by atoms with Crippen molar-refractivity contribution in [2.24, 2.45) is 0 Å². The van der Waals surface area contributed by atoms with Gasteiger partial charge in [-0.25, -0.2) is 0 Å². The molecule has 0 atom stereocenters. The van der Waals surface area contributed by atoms with Crippen molar-refractivity contribution in [2.45, 2.75) is 38.4 Å². The molecule has 0 fully saturated rings. The molecule has 0 aliphatic heterocycles. The highest BCUT2D eigenvalue weighted by atomic mass is 32.2. The lowest BCUT2D eigenvalue weighted by Gasteiger charge is -2.07. The van der Waals surface area contributed by atoms with Crippen LogP contribution in [0, 0.1) is 6.92 Å². The van der Waals surface area contributed by atoms with E-state index in [0.29, 0.717) is 23.8 Å². The molecular weight excluding hydrogens is 350 g/mol. The minimum absolute atomic E-state index is 0.0992. The van der Waals surface area contributed by atoms with Crippen LogP contribution in [0.3, 0.4) is 0 Å². The number of hydrogen-bond donors (Lipinski definition) is 1. The summed E-state index contributed by atoms with van der Waals surface area (Å²) in [4.78, 5) is 12.0. The van der Waals surface area contributed by atoms with E-state index in [4.69, 9.17) is 4.52 Å². The van der Waals surface area contributed by atoms with Gasteiger partial charge in [0.05, 0.1) is 0 Å². The molecule has 0 radical (unpaired) electrons. The largest absolute Gasteiger partial charge is 0.360 e. The van der Waals surface area contributed by atoms with Gasteiger partial charge < -0.3 is 14.4 Å². The maximum absolute atomic E-state index is 12.0. The smallest absolute Gasteiger partial charge is 0.226 e. The van der Waals surface area contributed by atoms with Crippen LogP contribution < -0.4 is 5.32 Å². The first kappa shape index (κ1) is 18.2. The summed E-state index contributed by atoms with van der Waals surface area (Å²) < 4.78 is 7.02. The number of aromatic nitrogens is 4. The summed E-state index contributed by atoms with van der Waals surface area (Å²) in [6, 6.07) is 11.9. The standard InChI is InChI=1S/C18H21N5O2S/c1-3-23-16(12-14-7-5-4-6-8-14)20-21-18(23)26-10-9-17(24)19-15-11-13(2)25-22-15/h4-8,11H,3,9-10,12H2,1-2H3,(H,19,22,24). The molecule has 2 heterocycles. The zero-order valence-corrected chi connectivity index (χ0v) is 15.6. The first-order valence-corrected chi connectivity index (χ1v) is 9.46. The monoisotopic (exact) mass is 371 g/mol. The van der Waals surface area contributed by atoms with Crippen molar-refractivity contribution in [1.82, 2.24) is 19.9 Å². The fraction of sp³-hybridized carbons (Fsp3) is 0.333. The van der Waals surface area contributed by atoms with Crippen LogP contribution in [0.5, 0.6) is 0 Å². The summed E-state index contributed by atoms with van der Waals surface area (Å²) >= 11 is 1.53. The molecule has 7 nitrogen and oxygen atoms in total. The highest BCUT2D eigenvalue weighted by Crippen LogP contribution is 2.20. The van der Waals surface area contributed by atoms with Crippen molar-refractivity contribution in [1.29, 1.82) is 0 Å². The van der Waals surface area contributed by atoms with Crippen LogP contribution >= 0.6 is 11.8 Å². The number of carbonyl (C=O) groups is 1. The Labute approximate surface area is 156 Å². The highest BCUT2D eigenvalue weighted by Gasteiger charge is 2.13. The molecule has 0 unspecified atom stereocenters. The first-order chi connectivity index (χ1) is 12.7. The van der Waals surface area contributed by atoms with E-state index in [1.807, 2.05) is 18.2 Å². The Kier molecular flexibility index (Phi) is 6.06. The Morgan fingerprint density at radius 2 is 2.08 bits per heavy atom. The van der Waals surface area contributed by atoms with E-state index in [-0.39, 0.29) is 5.91 Å². The summed E-state index contributed by atoms with van der Waals surface area (Å²) in [6.07, 6.45) is 1.11. The second-order valence-electron chi connectivity index (χ2n) is 5.77. The Hall–Kier alpha value is -2.61. The van der Waals surface area contributed by atoms with Gasteiger partial charge in [0, 0.05) is 31.2 Å². The van der Waals surface area contributed by atoms with Crippen LogP contribution in [-0.2, 0) is 17.8 Å². The number of aryl methyl sites for hydroxylation is 1. The number of thioether (sulfide) groups is 1. The van der Waals surface area contributed by atoms with Crippen molar-refractivity contribution in [3.05, 3.63) is 53.5 Å². The molecule has 2 aromatic heterocycles. The maximum atomic E-state index is 12.0. The van der Waals surface area contributed by atoms with Gasteiger partial charge in [-0.3, -0.25) is 4.79 Å². The van der Waals surface area contributed by atoms with Crippen LogP contribution in [0.1, 0.15) is 30.5 Å². The quantitative estimate of drug-likeness (QED) is 0.612. The van der Waals surface area contributed by atoms with Gasteiger partial charge in [0.25, 0.3) is 0 Å². The zero-order valence-electron chi connectivity index (χ0n) is 14.8. The third-order valence-electron chi connectivity index (χ3n) is 3.77. The minimum Gasteiger partial charge on any atom is -0.360 e. The van der Waals surface area contributed by atoms with Gasteiger partial charge in [0.2, 0.25) is 5.91 Å². The van der Waals surface area contributed by atoms with Gasteiger partial charge in [-0.1, -0.05) is 47.3 Å². The number of carbonyl (C=O) groups excluding carboxylic acids is 1. The third-order valence-corrected chi connectivity index (χ3v) is 4.74. The average Bonchev–Trinajstić information content (AvgIpc) is 3.21. The van der Waals surface area contributed by atoms with Gasteiger partial charge in [-0.05, 0) is 19.4 Å². The molecule has 0 bridgehead atoms. The molecule has 0 aliphatic carbocycles. The molecule has 0 spiro atoms. The number of nitrogens with zero attached hydrogens (tertiary/aromatic N) is 4. The molecule has 0 saturated carbocycles. The maximum Gasteiger partial charge on any atom is 0.226 e. The number of nitrogens with one attached hydrogen (secondary N) is 1. The Morgan fingerprint density at radius 1 is 1.27 bits per heavy atom. The fourth-order valence-corrected chi connectivity index (χ4v) is 3.48. The second kappa shape index (κ2) is 8.66. The Morgan fingerprint density at radius 3 is 2.77 bits per heavy atom. The van der Waals surface area contributed by atoms with E-state index >= 15 is 0 Å². The molecule has 3 rings (SSSR count). The Bertz CT molecular complexity index is 860. The minimum atomic E-state index is -0.0992. The average molecular weight is 371 g/mol. The van der Waals surface area contributed by atoms with Gasteiger partial charge in [-0.2, -0.15) is 0 Å². The van der Waals surface area contributed by atoms with Gasteiger partial charge in [0.1, 0.15) is 11.6 Å². The SMILES string of the molecule is CCn1c(Cc2ccccc2)nnc1SCCC(=O)Nc1cc(C)on1. The van der Waals surface area contributed by atoms with Crippen molar-refractivity contribution in [2.75, 3.05) is 11.1 Å². The molecule has 8 heteroatoms. The van der Waals surface area contributed by atoms with Gasteiger partial charge in [0.15, 0.2) is 11.0 Å². The van der Waals surface area contributed by atoms with Gasteiger partial charge >= 0.3 is 0 Å². The predicted molar refractivity (Wildman–Crippen MR) is 100 cm³/mol. The molecular formula is C18H21N5O2S. The van der Waals surface area contributed by atoms with Crippen LogP contribution in [0.4, 0.5) is 5.82 Å². The van der Waals surface area contributed by atoms with Gasteiger partial charge in [-0.15, -0.1) is 10.2 Å². The lowest BCUT2D eigenvalue weighted by molar-refractivity contribution is -0.115. The van der Waals surface area contributed by atoms with Crippen LogP contribution in [-0.4, -0.2) is 31.6 Å². The number of benzene rings is 1. The molecule has 1 N–H and O–H groups in total. The van der Waals surface area contributed by atoms with E-state index in [0.717, 1.165) is 23.9 Å². The normalized spacial score (nSPS) is 10.8. The van der Waals surface area contributed by atoms with E-state index in [1.54, 1.807) is 13.0 Å². The fourth-order valence-electron chi connectivity index (χ4n) is 2.52. The number of anilines is 1. The second-order valence-corrected chi connectivity index (χ2v) is 6.84. The Balaban J connectivity index is 1.54. The number of hydrogen-bond acceptors (Lipinski definition) is 6. The van der Waals surface area contributed by atoms with E-state index in [2.05, 4.69) is 44.3 Å². The lowest BCUT2D eigenvalue weighted by atomic mass is 10.1. The van der Waals surface area contributed by atoms with Crippen LogP contribution in [0.25, 0.3) is 0 Å². The number of amides is 1. The molecule has 1 aromatic carbocycles. The third kappa shape index (κ3) is 4.72. The first-order valence-electron chi connectivity index (χ1n) is 8.47. The highest BCUT2D eigenvalue weighted by molar-refractivity contribution is 7.99. The zero-order chi connectivity index (χ0) is 18.4. The van der Waals surface area contributed by atoms with Crippen LogP contribution in [0.15, 0.2) is 46.1 Å². The summed E-state index contributed by atoms with van der Waals surface area (Å²) in [5.41, 5.74) is 1.20. The number of rotatable bonds is 8. The summed E-state index contributed by atoms with van der Waals surface area (Å²) in [5, 5.41) is 15.9. The van der Waals surface area contributed by atoms with Crippen molar-refractivity contribution < 1.29 is 9.32 Å². The predicted octanol–water partition coefficient (Wildman–Crippen LogP) is 3.31. The van der Waals surface area contributed by atoms with E-state index in [9.17, 15) is 4.79 Å². The van der Waals surface area contributed by atoms with Crippen LogP contribution in [0.2, 0.25) is 0 Å². The van der Waals surface area contributed by atoms with Crippen molar-refractivity contribution in [3.8, 4) is 0 Å².